The summed E-state index contributed by atoms with van der Waals surface area (Å²) in [7, 11) is 0. The number of rotatable bonds is 1. The molecule has 0 aliphatic carbocycles. The summed E-state index contributed by atoms with van der Waals surface area (Å²) in [6, 6.07) is 0. The maximum atomic E-state index is 10.2. The molecule has 4 nitrogen and oxygen atoms in total. The van der Waals surface area contributed by atoms with Gasteiger partial charge in [0.1, 0.15) is 0 Å². The number of ether oxygens (including phenoxy) is 1. The van der Waals surface area contributed by atoms with E-state index in [1.165, 1.54) is 6.92 Å². The quantitative estimate of drug-likeness (QED) is 0.537. The topological polar surface area (TPSA) is 52.1 Å². The largest absolute Gasteiger partial charge is 0.405 e. The highest BCUT2D eigenvalue weighted by Gasteiger charge is 1.97. The zero-order valence-electron chi connectivity index (χ0n) is 4.70. The van der Waals surface area contributed by atoms with E-state index in [9.17, 15) is 4.79 Å². The maximum Gasteiger partial charge on any atom is 0.309 e. The van der Waals surface area contributed by atoms with Crippen LogP contribution in [-0.4, -0.2) is 15.6 Å². The summed E-state index contributed by atoms with van der Waals surface area (Å²) in [6.45, 7) is 1.32. The molecule has 0 aliphatic heterocycles. The molecule has 0 saturated heterocycles. The predicted molar refractivity (Wildman–Crippen MR) is 31.2 cm³/mol. The van der Waals surface area contributed by atoms with Crippen LogP contribution in [0.5, 0.6) is 5.88 Å². The molecule has 1 aromatic heterocycles. The van der Waals surface area contributed by atoms with Crippen LogP contribution in [-0.2, 0) is 4.79 Å². The van der Waals surface area contributed by atoms with Crippen molar-refractivity contribution < 1.29 is 9.53 Å². The average molecular weight is 144 g/mol. The van der Waals surface area contributed by atoms with Crippen LogP contribution in [0, 0.1) is 0 Å². The number of esters is 1. The number of carbonyl (C=O) groups is 1. The molecule has 0 spiro atoms. The summed E-state index contributed by atoms with van der Waals surface area (Å²) in [5.74, 6) is -0.102. The Kier molecular flexibility index (Phi) is 1.74. The van der Waals surface area contributed by atoms with Crippen molar-refractivity contribution in [2.45, 2.75) is 6.92 Å². The summed E-state index contributed by atoms with van der Waals surface area (Å²) in [5, 5.41) is 5.04. The van der Waals surface area contributed by atoms with Crippen molar-refractivity contribution in [2.24, 2.45) is 0 Å². The third-order valence-corrected chi connectivity index (χ3v) is 1.07. The van der Waals surface area contributed by atoms with Crippen LogP contribution in [0.3, 0.4) is 0 Å². The minimum Gasteiger partial charge on any atom is -0.405 e. The first-order chi connectivity index (χ1) is 4.29. The second-order valence-electron chi connectivity index (χ2n) is 1.34. The van der Waals surface area contributed by atoms with Gasteiger partial charge < -0.3 is 4.74 Å². The molecule has 0 aromatic carbocycles. The Morgan fingerprint density at radius 1 is 1.89 bits per heavy atom. The van der Waals surface area contributed by atoms with E-state index in [-0.39, 0.29) is 11.8 Å². The van der Waals surface area contributed by atoms with E-state index in [2.05, 4.69) is 14.3 Å². The van der Waals surface area contributed by atoms with Crippen LogP contribution in [0.15, 0.2) is 5.38 Å². The molecule has 48 valence electrons. The average Bonchev–Trinajstić information content (AvgIpc) is 2.15. The van der Waals surface area contributed by atoms with Crippen LogP contribution < -0.4 is 4.74 Å². The fourth-order valence-electron chi connectivity index (χ4n) is 0.348. The van der Waals surface area contributed by atoms with Gasteiger partial charge >= 0.3 is 5.97 Å². The molecule has 0 atom stereocenters. The summed E-state index contributed by atoms with van der Waals surface area (Å²) in [5.41, 5.74) is 0. The smallest absolute Gasteiger partial charge is 0.309 e. The lowest BCUT2D eigenvalue weighted by atomic mass is 10.8. The van der Waals surface area contributed by atoms with Crippen molar-refractivity contribution in [3.63, 3.8) is 0 Å². The summed E-state index contributed by atoms with van der Waals surface area (Å²) in [6.07, 6.45) is 0. The van der Waals surface area contributed by atoms with Gasteiger partial charge in [-0.3, -0.25) is 4.79 Å². The van der Waals surface area contributed by atoms with E-state index in [0.29, 0.717) is 0 Å². The molecule has 1 aromatic rings. The van der Waals surface area contributed by atoms with Gasteiger partial charge in [0.2, 0.25) is 0 Å². The Labute approximate surface area is 55.6 Å². The Bertz CT molecular complexity index is 196. The van der Waals surface area contributed by atoms with Crippen LogP contribution in [0.1, 0.15) is 6.92 Å². The second kappa shape index (κ2) is 2.54. The van der Waals surface area contributed by atoms with Gasteiger partial charge in [-0.25, -0.2) is 0 Å². The van der Waals surface area contributed by atoms with Gasteiger partial charge in [0, 0.05) is 6.92 Å². The van der Waals surface area contributed by atoms with Gasteiger partial charge in [-0.1, -0.05) is 9.59 Å². The molecular formula is C4H4N2O2S. The van der Waals surface area contributed by atoms with Crippen LogP contribution in [0.4, 0.5) is 0 Å². The lowest BCUT2D eigenvalue weighted by Crippen LogP contribution is -2.01. The van der Waals surface area contributed by atoms with E-state index in [1.807, 2.05) is 0 Å². The van der Waals surface area contributed by atoms with E-state index in [0.717, 1.165) is 11.5 Å². The van der Waals surface area contributed by atoms with Crippen molar-refractivity contribution in [2.75, 3.05) is 0 Å². The molecule has 0 unspecified atom stereocenters. The summed E-state index contributed by atoms with van der Waals surface area (Å²) in [4.78, 5) is 10.2. The van der Waals surface area contributed by atoms with E-state index in [1.54, 1.807) is 5.38 Å². The molecule has 1 rings (SSSR count). The van der Waals surface area contributed by atoms with E-state index < -0.39 is 0 Å². The maximum absolute atomic E-state index is 10.2. The van der Waals surface area contributed by atoms with Crippen LogP contribution in [0.25, 0.3) is 0 Å². The Balaban J connectivity index is 2.58. The molecule has 0 amide bonds. The lowest BCUT2D eigenvalue weighted by molar-refractivity contribution is -0.132. The Morgan fingerprint density at radius 2 is 2.67 bits per heavy atom. The highest BCUT2D eigenvalue weighted by Crippen LogP contribution is 2.05. The van der Waals surface area contributed by atoms with Crippen LogP contribution >= 0.6 is 11.5 Å². The predicted octanol–water partition coefficient (Wildman–Crippen LogP) is 0.463. The zero-order chi connectivity index (χ0) is 6.69. The first-order valence-corrected chi connectivity index (χ1v) is 3.08. The molecule has 0 N–H and O–H groups in total. The number of hydrogen-bond donors (Lipinski definition) is 0. The minimum absolute atomic E-state index is 0.271. The van der Waals surface area contributed by atoms with Crippen molar-refractivity contribution in [1.82, 2.24) is 9.59 Å². The fraction of sp³-hybridized carbons (Fsp3) is 0.250. The normalized spacial score (nSPS) is 9.00. The molecule has 0 bridgehead atoms. The minimum atomic E-state index is -0.372. The van der Waals surface area contributed by atoms with Crippen molar-refractivity contribution >= 4 is 17.5 Å². The third kappa shape index (κ3) is 1.77. The molecule has 5 heteroatoms. The van der Waals surface area contributed by atoms with Gasteiger partial charge in [-0.15, -0.1) is 0 Å². The van der Waals surface area contributed by atoms with Crippen molar-refractivity contribution in [3.8, 4) is 5.88 Å². The molecule has 0 fully saturated rings. The number of carbonyl (C=O) groups excluding carboxylic acids is 1. The fourth-order valence-corrected chi connectivity index (χ4v) is 0.708. The van der Waals surface area contributed by atoms with Crippen molar-refractivity contribution in [1.29, 1.82) is 0 Å². The first kappa shape index (κ1) is 6.15. The number of hydrogen-bond acceptors (Lipinski definition) is 5. The summed E-state index contributed by atoms with van der Waals surface area (Å²) >= 11 is 1.14. The SMILES string of the molecule is CC(=O)Oc1csnn1. The molecule has 1 heterocycles. The molecule has 0 saturated carbocycles. The zero-order valence-corrected chi connectivity index (χ0v) is 5.51. The molecule has 0 aliphatic rings. The molecule has 0 radical (unpaired) electrons. The number of nitrogens with zero attached hydrogens (tertiary/aromatic N) is 2. The number of aromatic nitrogens is 2. The summed E-state index contributed by atoms with van der Waals surface area (Å²) < 4.78 is 8.04. The highest BCUT2D eigenvalue weighted by molar-refractivity contribution is 7.03. The lowest BCUT2D eigenvalue weighted by Gasteiger charge is -1.89. The van der Waals surface area contributed by atoms with Gasteiger partial charge in [0.15, 0.2) is 0 Å². The third-order valence-electron chi connectivity index (χ3n) is 0.588. The van der Waals surface area contributed by atoms with Crippen molar-refractivity contribution in [3.05, 3.63) is 5.38 Å². The van der Waals surface area contributed by atoms with E-state index >= 15 is 0 Å². The van der Waals surface area contributed by atoms with Gasteiger partial charge in [0.25, 0.3) is 5.88 Å². The van der Waals surface area contributed by atoms with Gasteiger partial charge in [-0.2, -0.15) is 0 Å². The first-order valence-electron chi connectivity index (χ1n) is 2.24. The molecular weight excluding hydrogens is 140 g/mol. The molecule has 9 heavy (non-hydrogen) atoms. The Morgan fingerprint density at radius 3 is 3.11 bits per heavy atom. The van der Waals surface area contributed by atoms with Gasteiger partial charge in [0.05, 0.1) is 5.38 Å². The standard InChI is InChI=1S/C4H4N2O2S/c1-3(7)8-4-2-9-6-5-4/h2H,1H3. The highest BCUT2D eigenvalue weighted by atomic mass is 32.1. The Hall–Kier alpha value is -0.970. The van der Waals surface area contributed by atoms with E-state index in [4.69, 9.17) is 0 Å². The van der Waals surface area contributed by atoms with Crippen LogP contribution in [0.2, 0.25) is 0 Å². The monoisotopic (exact) mass is 144 g/mol. The van der Waals surface area contributed by atoms with Gasteiger partial charge in [-0.05, 0) is 11.5 Å². The second-order valence-corrected chi connectivity index (χ2v) is 1.95.